The van der Waals surface area contributed by atoms with Crippen LogP contribution in [0, 0.1) is 0 Å². The monoisotopic (exact) mass is 251 g/mol. The molecule has 1 aromatic rings. The Labute approximate surface area is 108 Å². The van der Waals surface area contributed by atoms with E-state index in [9.17, 15) is 4.79 Å². The molecule has 0 fully saturated rings. The predicted octanol–water partition coefficient (Wildman–Crippen LogP) is 2.39. The van der Waals surface area contributed by atoms with E-state index < -0.39 is 6.41 Å². The average molecular weight is 251 g/mol. The van der Waals surface area contributed by atoms with Gasteiger partial charge in [0.15, 0.2) is 0 Å². The molecule has 0 aromatic heterocycles. The first-order chi connectivity index (χ1) is 8.69. The van der Waals surface area contributed by atoms with Gasteiger partial charge in [0.2, 0.25) is 12.3 Å². The molecule has 0 aliphatic rings. The summed E-state index contributed by atoms with van der Waals surface area (Å²) in [6.45, 7) is 6.78. The largest absolute Gasteiger partial charge is 0.335 e. The van der Waals surface area contributed by atoms with Gasteiger partial charge in [-0.15, -0.1) is 0 Å². The van der Waals surface area contributed by atoms with Crippen molar-refractivity contribution in [1.29, 1.82) is 0 Å². The van der Waals surface area contributed by atoms with Crippen molar-refractivity contribution in [3.8, 4) is 0 Å². The highest BCUT2D eigenvalue weighted by atomic mass is 16.7. The molecule has 0 heterocycles. The van der Waals surface area contributed by atoms with Crippen molar-refractivity contribution in [2.75, 3.05) is 13.2 Å². The lowest BCUT2D eigenvalue weighted by atomic mass is 10.2. The minimum Gasteiger partial charge on any atom is -0.335 e. The molecule has 18 heavy (non-hydrogen) atoms. The van der Waals surface area contributed by atoms with E-state index in [4.69, 9.17) is 9.47 Å². The van der Waals surface area contributed by atoms with Gasteiger partial charge in [0.05, 0.1) is 6.54 Å². The average Bonchev–Trinajstić information content (AvgIpc) is 2.37. The van der Waals surface area contributed by atoms with E-state index in [0.29, 0.717) is 19.8 Å². The Balaban J connectivity index is 2.77. The normalized spacial score (nSPS) is 10.7. The van der Waals surface area contributed by atoms with Crippen LogP contribution in [0.25, 0.3) is 0 Å². The lowest BCUT2D eigenvalue weighted by Crippen LogP contribution is -2.42. The van der Waals surface area contributed by atoms with Gasteiger partial charge < -0.3 is 9.47 Å². The van der Waals surface area contributed by atoms with Crippen molar-refractivity contribution in [3.63, 3.8) is 0 Å². The maximum absolute atomic E-state index is 11.7. The number of nitrogens with zero attached hydrogens (tertiary/aromatic N) is 1. The highest BCUT2D eigenvalue weighted by molar-refractivity contribution is 5.73. The van der Waals surface area contributed by atoms with Gasteiger partial charge in [-0.3, -0.25) is 9.69 Å². The van der Waals surface area contributed by atoms with Crippen molar-refractivity contribution in [2.45, 2.75) is 33.7 Å². The molecule has 0 saturated heterocycles. The Hall–Kier alpha value is -1.39. The third-order valence-electron chi connectivity index (χ3n) is 2.47. The van der Waals surface area contributed by atoms with Crippen LogP contribution >= 0.6 is 0 Å². The van der Waals surface area contributed by atoms with Crippen LogP contribution in [0.3, 0.4) is 0 Å². The summed E-state index contributed by atoms with van der Waals surface area (Å²) in [4.78, 5) is 13.3. The zero-order chi connectivity index (χ0) is 13.4. The lowest BCUT2D eigenvalue weighted by molar-refractivity contribution is -0.221. The summed E-state index contributed by atoms with van der Waals surface area (Å²) in [6.07, 6.45) is -0.613. The van der Waals surface area contributed by atoms with E-state index in [1.54, 1.807) is 4.90 Å². The number of amides is 1. The Kier molecular flexibility index (Phi) is 6.39. The highest BCUT2D eigenvalue weighted by Crippen LogP contribution is 2.11. The van der Waals surface area contributed by atoms with Crippen molar-refractivity contribution in [2.24, 2.45) is 0 Å². The zero-order valence-electron chi connectivity index (χ0n) is 11.3. The summed E-state index contributed by atoms with van der Waals surface area (Å²) in [6, 6.07) is 9.80. The first kappa shape index (κ1) is 14.7. The van der Waals surface area contributed by atoms with Crippen molar-refractivity contribution in [3.05, 3.63) is 35.9 Å². The summed E-state index contributed by atoms with van der Waals surface area (Å²) in [5.41, 5.74) is 1.05. The molecule has 0 unspecified atom stereocenters. The molecule has 0 bridgehead atoms. The van der Waals surface area contributed by atoms with Gasteiger partial charge in [0.25, 0.3) is 0 Å². The number of ether oxygens (including phenoxy) is 2. The maximum atomic E-state index is 11.7. The van der Waals surface area contributed by atoms with Crippen LogP contribution in [0.5, 0.6) is 0 Å². The molecule has 0 radical (unpaired) electrons. The molecule has 4 nitrogen and oxygen atoms in total. The van der Waals surface area contributed by atoms with Gasteiger partial charge in [0.1, 0.15) is 0 Å². The van der Waals surface area contributed by atoms with Gasteiger partial charge in [-0.1, -0.05) is 30.3 Å². The van der Waals surface area contributed by atoms with E-state index in [2.05, 4.69) is 0 Å². The fraction of sp³-hybridized carbons (Fsp3) is 0.500. The lowest BCUT2D eigenvalue weighted by Gasteiger charge is -2.29. The second-order valence-electron chi connectivity index (χ2n) is 3.85. The summed E-state index contributed by atoms with van der Waals surface area (Å²) in [7, 11) is 0. The molecule has 100 valence electrons. The molecule has 1 amide bonds. The Morgan fingerprint density at radius 3 is 2.17 bits per heavy atom. The minimum absolute atomic E-state index is 0.0641. The third kappa shape index (κ3) is 4.47. The second-order valence-corrected chi connectivity index (χ2v) is 3.85. The van der Waals surface area contributed by atoms with Crippen molar-refractivity contribution >= 4 is 5.91 Å². The van der Waals surface area contributed by atoms with Crippen LogP contribution in [0.2, 0.25) is 0 Å². The Bertz CT molecular complexity index is 347. The molecule has 0 atom stereocenters. The van der Waals surface area contributed by atoms with Crippen LogP contribution in [0.1, 0.15) is 26.3 Å². The van der Waals surface area contributed by atoms with Crippen molar-refractivity contribution in [1.82, 2.24) is 4.90 Å². The number of hydrogen-bond acceptors (Lipinski definition) is 3. The molecule has 0 N–H and O–H groups in total. The van der Waals surface area contributed by atoms with Gasteiger partial charge >= 0.3 is 0 Å². The molecule has 4 heteroatoms. The van der Waals surface area contributed by atoms with Crippen LogP contribution in [0.15, 0.2) is 30.3 Å². The fourth-order valence-electron chi connectivity index (χ4n) is 1.63. The highest BCUT2D eigenvalue weighted by Gasteiger charge is 2.21. The van der Waals surface area contributed by atoms with E-state index in [0.717, 1.165) is 5.56 Å². The first-order valence-electron chi connectivity index (χ1n) is 6.23. The summed E-state index contributed by atoms with van der Waals surface area (Å²) in [5.74, 6) is -0.0641. The smallest absolute Gasteiger partial charge is 0.242 e. The molecule has 0 aliphatic heterocycles. The summed E-state index contributed by atoms with van der Waals surface area (Å²) in [5, 5.41) is 0. The third-order valence-corrected chi connectivity index (χ3v) is 2.47. The van der Waals surface area contributed by atoms with Crippen LogP contribution < -0.4 is 0 Å². The van der Waals surface area contributed by atoms with Crippen LogP contribution in [-0.2, 0) is 20.8 Å². The van der Waals surface area contributed by atoms with Crippen molar-refractivity contribution < 1.29 is 14.3 Å². The topological polar surface area (TPSA) is 38.8 Å². The Morgan fingerprint density at radius 1 is 1.17 bits per heavy atom. The second kappa shape index (κ2) is 7.84. The van der Waals surface area contributed by atoms with Gasteiger partial charge in [-0.05, 0) is 19.4 Å². The number of carbonyl (C=O) groups is 1. The number of hydrogen-bond donors (Lipinski definition) is 0. The van der Waals surface area contributed by atoms with Gasteiger partial charge in [-0.25, -0.2) is 0 Å². The van der Waals surface area contributed by atoms with E-state index in [1.165, 1.54) is 6.92 Å². The fourth-order valence-corrected chi connectivity index (χ4v) is 1.63. The summed E-state index contributed by atoms with van der Waals surface area (Å²) >= 11 is 0. The molecular weight excluding hydrogens is 230 g/mol. The van der Waals surface area contributed by atoms with E-state index >= 15 is 0 Å². The quantitative estimate of drug-likeness (QED) is 0.698. The standard InChI is InChI=1S/C14H21NO3/c1-4-17-14(18-5-2)15(12(3)16)11-13-9-7-6-8-10-13/h6-10,14H,4-5,11H2,1-3H3. The molecule has 1 rings (SSSR count). The predicted molar refractivity (Wildman–Crippen MR) is 69.7 cm³/mol. The molecular formula is C14H21NO3. The first-order valence-corrected chi connectivity index (χ1v) is 6.23. The molecule has 0 saturated carbocycles. The minimum atomic E-state index is -0.613. The molecule has 1 aromatic carbocycles. The molecule has 0 spiro atoms. The van der Waals surface area contributed by atoms with Gasteiger partial charge in [0, 0.05) is 20.1 Å². The summed E-state index contributed by atoms with van der Waals surface area (Å²) < 4.78 is 10.9. The zero-order valence-corrected chi connectivity index (χ0v) is 11.3. The SMILES string of the molecule is CCOC(OCC)N(Cc1ccccc1)C(C)=O. The van der Waals surface area contributed by atoms with Crippen LogP contribution in [-0.4, -0.2) is 30.4 Å². The number of rotatable bonds is 7. The van der Waals surface area contributed by atoms with E-state index in [-0.39, 0.29) is 5.91 Å². The van der Waals surface area contributed by atoms with Crippen LogP contribution in [0.4, 0.5) is 0 Å². The van der Waals surface area contributed by atoms with E-state index in [1.807, 2.05) is 44.2 Å². The molecule has 0 aliphatic carbocycles. The maximum Gasteiger partial charge on any atom is 0.242 e. The number of benzene rings is 1. The number of carbonyl (C=O) groups excluding carboxylic acids is 1. The Morgan fingerprint density at radius 2 is 1.72 bits per heavy atom. The van der Waals surface area contributed by atoms with Gasteiger partial charge in [-0.2, -0.15) is 0 Å².